The number of benzene rings is 1. The zero-order chi connectivity index (χ0) is 10.1. The summed E-state index contributed by atoms with van der Waals surface area (Å²) >= 11 is 0. The van der Waals surface area contributed by atoms with Crippen molar-refractivity contribution in [2.45, 2.75) is 12.0 Å². The Balaban J connectivity index is 2.42. The molecule has 0 saturated carbocycles. The fraction of sp³-hybridized carbons (Fsp3) is 0.300. The van der Waals surface area contributed by atoms with E-state index in [0.717, 1.165) is 11.3 Å². The van der Waals surface area contributed by atoms with Crippen LogP contribution >= 0.6 is 0 Å². The maximum absolute atomic E-state index is 11.0. The fourth-order valence-electron chi connectivity index (χ4n) is 1.90. The van der Waals surface area contributed by atoms with Crippen molar-refractivity contribution in [3.05, 3.63) is 29.8 Å². The highest BCUT2D eigenvalue weighted by atomic mass is 16.4. The molecule has 1 heterocycles. The van der Waals surface area contributed by atoms with E-state index in [4.69, 9.17) is 10.8 Å². The Hall–Kier alpha value is -1.55. The average Bonchev–Trinajstić information content (AvgIpc) is 2.55. The van der Waals surface area contributed by atoms with Crippen molar-refractivity contribution in [2.24, 2.45) is 5.73 Å². The highest BCUT2D eigenvalue weighted by molar-refractivity contribution is 5.83. The second kappa shape index (κ2) is 3.31. The molecule has 74 valence electrons. The second-order valence-corrected chi connectivity index (χ2v) is 3.39. The van der Waals surface area contributed by atoms with Crippen molar-refractivity contribution in [1.82, 2.24) is 0 Å². The van der Waals surface area contributed by atoms with Crippen molar-refractivity contribution in [2.75, 3.05) is 11.9 Å². The Morgan fingerprint density at radius 1 is 1.50 bits per heavy atom. The monoisotopic (exact) mass is 192 g/mol. The van der Waals surface area contributed by atoms with Crippen molar-refractivity contribution < 1.29 is 9.90 Å². The molecule has 2 rings (SSSR count). The van der Waals surface area contributed by atoms with Gasteiger partial charge in [0.1, 0.15) is 5.92 Å². The summed E-state index contributed by atoms with van der Waals surface area (Å²) in [6, 6.07) is 7.24. The van der Waals surface area contributed by atoms with Crippen molar-refractivity contribution in [1.29, 1.82) is 0 Å². The molecule has 4 N–H and O–H groups in total. The Kier molecular flexibility index (Phi) is 2.13. The lowest BCUT2D eigenvalue weighted by atomic mass is 9.95. The van der Waals surface area contributed by atoms with E-state index in [-0.39, 0.29) is 6.04 Å². The highest BCUT2D eigenvalue weighted by Gasteiger charge is 2.36. The van der Waals surface area contributed by atoms with Crippen molar-refractivity contribution in [3.63, 3.8) is 0 Å². The van der Waals surface area contributed by atoms with E-state index < -0.39 is 11.9 Å². The van der Waals surface area contributed by atoms with Crippen LogP contribution in [0.15, 0.2) is 24.3 Å². The molecule has 0 aromatic heterocycles. The Morgan fingerprint density at radius 3 is 2.86 bits per heavy atom. The van der Waals surface area contributed by atoms with Gasteiger partial charge in [-0.3, -0.25) is 4.79 Å². The van der Waals surface area contributed by atoms with Gasteiger partial charge in [0.2, 0.25) is 0 Å². The van der Waals surface area contributed by atoms with Gasteiger partial charge in [-0.25, -0.2) is 0 Å². The SMILES string of the molecule is NCC1Nc2ccccc2C1C(=O)O. The van der Waals surface area contributed by atoms with E-state index in [9.17, 15) is 4.79 Å². The lowest BCUT2D eigenvalue weighted by Gasteiger charge is -2.13. The second-order valence-electron chi connectivity index (χ2n) is 3.39. The van der Waals surface area contributed by atoms with Gasteiger partial charge < -0.3 is 16.2 Å². The lowest BCUT2D eigenvalue weighted by molar-refractivity contribution is -0.138. The molecule has 4 heteroatoms. The Morgan fingerprint density at radius 2 is 2.21 bits per heavy atom. The Labute approximate surface area is 81.7 Å². The van der Waals surface area contributed by atoms with Gasteiger partial charge in [0.15, 0.2) is 0 Å². The minimum absolute atomic E-state index is 0.190. The number of nitrogens with one attached hydrogen (secondary N) is 1. The molecule has 1 aromatic carbocycles. The summed E-state index contributed by atoms with van der Waals surface area (Å²) < 4.78 is 0. The molecule has 2 atom stereocenters. The van der Waals surface area contributed by atoms with Gasteiger partial charge in [-0.15, -0.1) is 0 Å². The third-order valence-corrected chi connectivity index (χ3v) is 2.56. The number of carbonyl (C=O) groups is 1. The number of carboxylic acid groups (broad SMARTS) is 1. The number of anilines is 1. The van der Waals surface area contributed by atoms with Gasteiger partial charge >= 0.3 is 5.97 Å². The standard InChI is InChI=1S/C10H12N2O2/c11-5-8-9(10(13)14)6-3-1-2-4-7(6)12-8/h1-4,8-9,12H,5,11H2,(H,13,14). The number of carboxylic acids is 1. The van der Waals surface area contributed by atoms with Crippen LogP contribution in [0.5, 0.6) is 0 Å². The Bertz CT molecular complexity index is 365. The van der Waals surface area contributed by atoms with Crippen LogP contribution in [0.3, 0.4) is 0 Å². The molecule has 1 aromatic rings. The zero-order valence-corrected chi connectivity index (χ0v) is 7.60. The molecule has 0 radical (unpaired) electrons. The molecule has 1 aliphatic rings. The quantitative estimate of drug-likeness (QED) is 0.641. The molecule has 1 aliphatic heterocycles. The molecular formula is C10H12N2O2. The first-order valence-corrected chi connectivity index (χ1v) is 4.52. The topological polar surface area (TPSA) is 75.3 Å². The summed E-state index contributed by atoms with van der Waals surface area (Å²) in [6.45, 7) is 0.325. The van der Waals surface area contributed by atoms with E-state index in [1.165, 1.54) is 0 Å². The molecule has 0 aliphatic carbocycles. The first kappa shape index (κ1) is 9.02. The average molecular weight is 192 g/mol. The maximum Gasteiger partial charge on any atom is 0.313 e. The molecular weight excluding hydrogens is 180 g/mol. The van der Waals surface area contributed by atoms with Crippen LogP contribution in [0.4, 0.5) is 5.69 Å². The van der Waals surface area contributed by atoms with E-state index in [0.29, 0.717) is 6.54 Å². The third kappa shape index (κ3) is 1.24. The summed E-state index contributed by atoms with van der Waals surface area (Å²) in [5.41, 5.74) is 7.23. The van der Waals surface area contributed by atoms with Crippen LogP contribution in [0, 0.1) is 0 Å². The predicted octanol–water partition coefficient (Wildman–Crippen LogP) is 0.608. The number of nitrogens with two attached hydrogens (primary N) is 1. The number of aliphatic carboxylic acids is 1. The first-order valence-electron chi connectivity index (χ1n) is 4.52. The molecule has 14 heavy (non-hydrogen) atoms. The molecule has 0 spiro atoms. The predicted molar refractivity (Wildman–Crippen MR) is 53.3 cm³/mol. The summed E-state index contributed by atoms with van der Waals surface area (Å²) in [5, 5.41) is 12.2. The van der Waals surface area contributed by atoms with Crippen LogP contribution in [0.2, 0.25) is 0 Å². The maximum atomic E-state index is 11.0. The van der Waals surface area contributed by atoms with Gasteiger partial charge in [-0.1, -0.05) is 18.2 Å². The summed E-state index contributed by atoms with van der Waals surface area (Å²) in [6.07, 6.45) is 0. The van der Waals surface area contributed by atoms with Crippen LogP contribution in [0.25, 0.3) is 0 Å². The zero-order valence-electron chi connectivity index (χ0n) is 7.60. The summed E-state index contributed by atoms with van der Waals surface area (Å²) in [4.78, 5) is 11.0. The van der Waals surface area contributed by atoms with E-state index >= 15 is 0 Å². The van der Waals surface area contributed by atoms with Crippen molar-refractivity contribution >= 4 is 11.7 Å². The van der Waals surface area contributed by atoms with Gasteiger partial charge in [-0.05, 0) is 11.6 Å². The highest BCUT2D eigenvalue weighted by Crippen LogP contribution is 2.35. The van der Waals surface area contributed by atoms with Gasteiger partial charge in [0.05, 0.1) is 6.04 Å². The molecule has 4 nitrogen and oxygen atoms in total. The normalized spacial score (nSPS) is 24.1. The minimum Gasteiger partial charge on any atom is -0.481 e. The molecule has 0 saturated heterocycles. The van der Waals surface area contributed by atoms with Crippen molar-refractivity contribution in [3.8, 4) is 0 Å². The minimum atomic E-state index is -0.821. The summed E-state index contributed by atoms with van der Waals surface area (Å²) in [7, 11) is 0. The number of rotatable bonds is 2. The number of hydrogen-bond donors (Lipinski definition) is 3. The van der Waals surface area contributed by atoms with Gasteiger partial charge in [0, 0.05) is 12.2 Å². The summed E-state index contributed by atoms with van der Waals surface area (Å²) in [5.74, 6) is -1.34. The van der Waals surface area contributed by atoms with E-state index in [2.05, 4.69) is 5.32 Å². The van der Waals surface area contributed by atoms with Crippen LogP contribution in [-0.2, 0) is 4.79 Å². The van der Waals surface area contributed by atoms with Gasteiger partial charge in [-0.2, -0.15) is 0 Å². The van der Waals surface area contributed by atoms with E-state index in [1.54, 1.807) is 0 Å². The third-order valence-electron chi connectivity index (χ3n) is 2.56. The number of hydrogen-bond acceptors (Lipinski definition) is 3. The smallest absolute Gasteiger partial charge is 0.313 e. The molecule has 0 amide bonds. The first-order chi connectivity index (χ1) is 6.74. The molecule has 0 bridgehead atoms. The van der Waals surface area contributed by atoms with Gasteiger partial charge in [0.25, 0.3) is 0 Å². The number of para-hydroxylation sites is 1. The van der Waals surface area contributed by atoms with E-state index in [1.807, 2.05) is 24.3 Å². The lowest BCUT2D eigenvalue weighted by Crippen LogP contribution is -2.33. The largest absolute Gasteiger partial charge is 0.481 e. The van der Waals surface area contributed by atoms with Crippen LogP contribution in [0.1, 0.15) is 11.5 Å². The molecule has 2 unspecified atom stereocenters. The van der Waals surface area contributed by atoms with Crippen LogP contribution in [-0.4, -0.2) is 23.7 Å². The van der Waals surface area contributed by atoms with Crippen LogP contribution < -0.4 is 11.1 Å². The fourth-order valence-corrected chi connectivity index (χ4v) is 1.90. The number of fused-ring (bicyclic) bond motifs is 1. The molecule has 0 fully saturated rings.